The van der Waals surface area contributed by atoms with Gasteiger partial charge in [0.05, 0.1) is 0 Å². The third-order valence-corrected chi connectivity index (χ3v) is 4.19. The molecule has 0 radical (unpaired) electrons. The van der Waals surface area contributed by atoms with E-state index in [0.717, 1.165) is 6.42 Å². The number of rotatable bonds is 3. The highest BCUT2D eigenvalue weighted by Gasteiger charge is 2.13. The van der Waals surface area contributed by atoms with Crippen molar-refractivity contribution < 1.29 is 0 Å². The minimum atomic E-state index is 0.342. The van der Waals surface area contributed by atoms with Gasteiger partial charge in [0, 0.05) is 15.8 Å². The number of aryl methyl sites for hydroxylation is 3. The molecule has 1 atom stereocenters. The van der Waals surface area contributed by atoms with Gasteiger partial charge in [-0.25, -0.2) is 0 Å². The van der Waals surface area contributed by atoms with Gasteiger partial charge in [-0.15, -0.1) is 11.3 Å². The molecule has 0 saturated carbocycles. The fourth-order valence-electron chi connectivity index (χ4n) is 2.05. The second-order valence-corrected chi connectivity index (χ2v) is 5.61. The molecule has 0 unspecified atom stereocenters. The number of hydrogen-bond donors (Lipinski definition) is 1. The molecule has 14 heavy (non-hydrogen) atoms. The summed E-state index contributed by atoms with van der Waals surface area (Å²) in [7, 11) is 0. The molecule has 0 fully saturated rings. The van der Waals surface area contributed by atoms with Crippen LogP contribution in [0.4, 0.5) is 0 Å². The van der Waals surface area contributed by atoms with Gasteiger partial charge in [-0.05, 0) is 57.1 Å². The second-order valence-electron chi connectivity index (χ2n) is 4.38. The molecular weight excluding hydrogens is 190 g/mol. The van der Waals surface area contributed by atoms with E-state index in [1.807, 2.05) is 11.3 Å². The molecule has 1 aromatic rings. The first-order valence-electron chi connectivity index (χ1n) is 5.62. The zero-order valence-corrected chi connectivity index (χ0v) is 9.70. The summed E-state index contributed by atoms with van der Waals surface area (Å²) in [4.78, 5) is 3.20. The summed E-state index contributed by atoms with van der Waals surface area (Å²) in [6.45, 7) is 2.09. The monoisotopic (exact) mass is 209 g/mol. The predicted octanol–water partition coefficient (Wildman–Crippen LogP) is 2.91. The number of fused-ring (bicyclic) bond motifs is 1. The molecule has 1 aromatic heterocycles. The highest BCUT2D eigenvalue weighted by molar-refractivity contribution is 7.12. The molecule has 2 N–H and O–H groups in total. The maximum atomic E-state index is 5.77. The molecule has 1 nitrogen and oxygen atoms in total. The Bertz CT molecular complexity index is 278. The SMILES string of the molecule is C[C@H](N)CCc1cc2c(s1)CCCC2. The smallest absolute Gasteiger partial charge is 0.00801 e. The molecule has 0 bridgehead atoms. The first kappa shape index (κ1) is 10.2. The normalized spacial score (nSPS) is 17.9. The van der Waals surface area contributed by atoms with Crippen molar-refractivity contribution in [2.24, 2.45) is 5.73 Å². The first-order valence-corrected chi connectivity index (χ1v) is 6.43. The minimum Gasteiger partial charge on any atom is -0.328 e. The zero-order chi connectivity index (χ0) is 9.97. The molecule has 0 saturated heterocycles. The van der Waals surface area contributed by atoms with Crippen LogP contribution in [0.15, 0.2) is 6.07 Å². The average Bonchev–Trinajstić information content (AvgIpc) is 2.57. The van der Waals surface area contributed by atoms with Gasteiger partial charge >= 0.3 is 0 Å². The molecule has 0 aromatic carbocycles. The molecule has 1 heterocycles. The van der Waals surface area contributed by atoms with E-state index in [-0.39, 0.29) is 0 Å². The van der Waals surface area contributed by atoms with Gasteiger partial charge in [-0.3, -0.25) is 0 Å². The van der Waals surface area contributed by atoms with Crippen molar-refractivity contribution in [3.8, 4) is 0 Å². The van der Waals surface area contributed by atoms with E-state index in [1.54, 1.807) is 15.3 Å². The molecule has 2 rings (SSSR count). The molecular formula is C12H19NS. The Balaban J connectivity index is 2.01. The molecule has 0 spiro atoms. The summed E-state index contributed by atoms with van der Waals surface area (Å²) in [5, 5.41) is 0. The Morgan fingerprint density at radius 2 is 2.21 bits per heavy atom. The van der Waals surface area contributed by atoms with Crippen molar-refractivity contribution in [3.05, 3.63) is 21.4 Å². The van der Waals surface area contributed by atoms with Crippen molar-refractivity contribution in [1.29, 1.82) is 0 Å². The topological polar surface area (TPSA) is 26.0 Å². The summed E-state index contributed by atoms with van der Waals surface area (Å²) < 4.78 is 0. The fraction of sp³-hybridized carbons (Fsp3) is 0.667. The predicted molar refractivity (Wildman–Crippen MR) is 62.9 cm³/mol. The van der Waals surface area contributed by atoms with E-state index in [1.165, 1.54) is 32.1 Å². The molecule has 2 heteroatoms. The summed E-state index contributed by atoms with van der Waals surface area (Å²) in [5.41, 5.74) is 7.39. The van der Waals surface area contributed by atoms with Gasteiger partial charge in [-0.2, -0.15) is 0 Å². The lowest BCUT2D eigenvalue weighted by molar-refractivity contribution is 0.669. The van der Waals surface area contributed by atoms with Gasteiger partial charge in [0.2, 0.25) is 0 Å². The number of hydrogen-bond acceptors (Lipinski definition) is 2. The Morgan fingerprint density at radius 3 is 2.93 bits per heavy atom. The highest BCUT2D eigenvalue weighted by atomic mass is 32.1. The molecule has 1 aliphatic carbocycles. The van der Waals surface area contributed by atoms with Gasteiger partial charge in [-0.1, -0.05) is 0 Å². The standard InChI is InChI=1S/C12H19NS/c1-9(13)6-7-11-8-10-4-2-3-5-12(10)14-11/h8-9H,2-7,13H2,1H3/t9-/m0/s1. The molecule has 0 aliphatic heterocycles. The Morgan fingerprint density at radius 1 is 1.43 bits per heavy atom. The van der Waals surface area contributed by atoms with Crippen LogP contribution in [0.2, 0.25) is 0 Å². The summed E-state index contributed by atoms with van der Waals surface area (Å²) in [6.07, 6.45) is 7.70. The number of nitrogens with two attached hydrogens (primary N) is 1. The van der Waals surface area contributed by atoms with Crippen LogP contribution >= 0.6 is 11.3 Å². The minimum absolute atomic E-state index is 0.342. The van der Waals surface area contributed by atoms with Gasteiger partial charge in [0.15, 0.2) is 0 Å². The summed E-state index contributed by atoms with van der Waals surface area (Å²) >= 11 is 2.02. The zero-order valence-electron chi connectivity index (χ0n) is 8.88. The van der Waals surface area contributed by atoms with Gasteiger partial charge < -0.3 is 5.73 Å². The van der Waals surface area contributed by atoms with Crippen LogP contribution in [0.25, 0.3) is 0 Å². The van der Waals surface area contributed by atoms with Crippen LogP contribution in [0.5, 0.6) is 0 Å². The van der Waals surface area contributed by atoms with Crippen molar-refractivity contribution in [2.45, 2.75) is 51.5 Å². The Hall–Kier alpha value is -0.340. The Kier molecular flexibility index (Phi) is 3.24. The first-order chi connectivity index (χ1) is 6.75. The fourth-order valence-corrected chi connectivity index (χ4v) is 3.32. The van der Waals surface area contributed by atoms with Crippen LogP contribution < -0.4 is 5.73 Å². The summed E-state index contributed by atoms with van der Waals surface area (Å²) in [5.74, 6) is 0. The quantitative estimate of drug-likeness (QED) is 0.814. The maximum Gasteiger partial charge on any atom is 0.00801 e. The van der Waals surface area contributed by atoms with E-state index >= 15 is 0 Å². The average molecular weight is 209 g/mol. The van der Waals surface area contributed by atoms with Crippen LogP contribution in [-0.2, 0) is 19.3 Å². The van der Waals surface area contributed by atoms with Crippen molar-refractivity contribution in [3.63, 3.8) is 0 Å². The van der Waals surface area contributed by atoms with Gasteiger partial charge in [0.1, 0.15) is 0 Å². The lowest BCUT2D eigenvalue weighted by atomic mass is 9.99. The van der Waals surface area contributed by atoms with Gasteiger partial charge in [0.25, 0.3) is 0 Å². The molecule has 1 aliphatic rings. The third kappa shape index (κ3) is 2.37. The van der Waals surface area contributed by atoms with Crippen molar-refractivity contribution in [2.75, 3.05) is 0 Å². The lowest BCUT2D eigenvalue weighted by Crippen LogP contribution is -2.14. The van der Waals surface area contributed by atoms with Crippen molar-refractivity contribution >= 4 is 11.3 Å². The van der Waals surface area contributed by atoms with Crippen LogP contribution in [0.3, 0.4) is 0 Å². The van der Waals surface area contributed by atoms with E-state index in [9.17, 15) is 0 Å². The third-order valence-electron chi connectivity index (χ3n) is 2.89. The molecule has 78 valence electrons. The van der Waals surface area contributed by atoms with E-state index < -0.39 is 0 Å². The summed E-state index contributed by atoms with van der Waals surface area (Å²) in [6, 6.07) is 2.76. The maximum absolute atomic E-state index is 5.77. The van der Waals surface area contributed by atoms with Crippen LogP contribution in [0, 0.1) is 0 Å². The van der Waals surface area contributed by atoms with Crippen molar-refractivity contribution in [1.82, 2.24) is 0 Å². The Labute approximate surface area is 90.3 Å². The highest BCUT2D eigenvalue weighted by Crippen LogP contribution is 2.30. The largest absolute Gasteiger partial charge is 0.328 e. The van der Waals surface area contributed by atoms with E-state index in [2.05, 4.69) is 13.0 Å². The van der Waals surface area contributed by atoms with E-state index in [0.29, 0.717) is 6.04 Å². The van der Waals surface area contributed by atoms with Crippen LogP contribution in [-0.4, -0.2) is 6.04 Å². The molecule has 0 amide bonds. The second kappa shape index (κ2) is 4.45. The van der Waals surface area contributed by atoms with E-state index in [4.69, 9.17) is 5.73 Å². The number of thiophene rings is 1. The lowest BCUT2D eigenvalue weighted by Gasteiger charge is -2.08. The van der Waals surface area contributed by atoms with Crippen LogP contribution in [0.1, 0.15) is 41.5 Å².